The fourth-order valence-electron chi connectivity index (χ4n) is 7.60. The first kappa shape index (κ1) is 54.1. The second-order valence-corrected chi connectivity index (χ2v) is 44.1. The van der Waals surface area contributed by atoms with Gasteiger partial charge in [-0.1, -0.05) is 83.1 Å². The number of nitrogens with zero attached hydrogens (tertiary/aromatic N) is 8. The number of anilines is 2. The number of rotatable bonds is 15. The molecule has 22 heteroatoms. The van der Waals surface area contributed by atoms with Crippen LogP contribution in [-0.2, 0) is 32.0 Å². The van der Waals surface area contributed by atoms with E-state index in [-0.39, 0.29) is 57.3 Å². The van der Waals surface area contributed by atoms with Gasteiger partial charge in [-0.3, -0.25) is 13.9 Å². The Bertz CT molecular complexity index is 2420. The van der Waals surface area contributed by atoms with Crippen molar-refractivity contribution in [2.24, 2.45) is 5.92 Å². The van der Waals surface area contributed by atoms with Crippen molar-refractivity contribution in [1.82, 2.24) is 44.4 Å². The van der Waals surface area contributed by atoms with Crippen LogP contribution in [0.15, 0.2) is 25.3 Å². The number of nitrogen functional groups attached to an aromatic ring is 2. The van der Waals surface area contributed by atoms with Crippen LogP contribution in [0.25, 0.3) is 22.3 Å². The number of hydrogen-bond acceptors (Lipinski definition) is 15. The zero-order chi connectivity index (χ0) is 51.0. The van der Waals surface area contributed by atoms with Crippen LogP contribution in [0.2, 0.25) is 72.5 Å². The molecule has 0 saturated carbocycles. The lowest BCUT2D eigenvalue weighted by molar-refractivity contribution is -0.124. The number of aromatic nitrogens is 8. The van der Waals surface area contributed by atoms with E-state index in [1.807, 2.05) is 9.13 Å². The van der Waals surface area contributed by atoms with Crippen molar-refractivity contribution in [2.75, 3.05) is 24.6 Å². The Morgan fingerprint density at radius 3 is 1.43 bits per heavy atom. The van der Waals surface area contributed by atoms with E-state index < -0.39 is 82.2 Å². The first-order valence-corrected chi connectivity index (χ1v) is 35.7. The zero-order valence-corrected chi connectivity index (χ0v) is 48.6. The largest absolute Gasteiger partial charge is 0.414 e. The first-order chi connectivity index (χ1) is 31.0. The van der Waals surface area contributed by atoms with Crippen LogP contribution >= 0.6 is 0 Å². The summed E-state index contributed by atoms with van der Waals surface area (Å²) in [5.41, 5.74) is 14.6. The van der Waals surface area contributed by atoms with Gasteiger partial charge in [0.1, 0.15) is 42.0 Å². The van der Waals surface area contributed by atoms with E-state index in [0.29, 0.717) is 22.3 Å². The minimum Gasteiger partial charge on any atom is -0.414 e. The molecule has 6 rings (SSSR count). The fourth-order valence-corrected chi connectivity index (χ4v) is 12.5. The maximum Gasteiger partial charge on any atom is 0.220 e. The Kier molecular flexibility index (Phi) is 14.9. The lowest BCUT2D eigenvalue weighted by Crippen LogP contribution is -2.54. The smallest absolute Gasteiger partial charge is 0.220 e. The minimum absolute atomic E-state index is 0.0548. The number of imidazole rings is 2. The zero-order valence-electron chi connectivity index (χ0n) is 44.6. The van der Waals surface area contributed by atoms with E-state index in [9.17, 15) is 4.79 Å². The highest BCUT2D eigenvalue weighted by Crippen LogP contribution is 2.48. The number of carbonyl (C=O) groups is 1. The van der Waals surface area contributed by atoms with Gasteiger partial charge in [-0.05, 0) is 72.5 Å². The van der Waals surface area contributed by atoms with Gasteiger partial charge in [0.2, 0.25) is 5.91 Å². The van der Waals surface area contributed by atoms with Crippen LogP contribution in [0.1, 0.15) is 102 Å². The summed E-state index contributed by atoms with van der Waals surface area (Å²) in [4.78, 5) is 41.7. The molecule has 1 amide bonds. The molecule has 4 aromatic heterocycles. The van der Waals surface area contributed by atoms with Crippen LogP contribution in [0, 0.1) is 5.92 Å². The van der Waals surface area contributed by atoms with E-state index in [1.165, 1.54) is 12.7 Å². The van der Waals surface area contributed by atoms with E-state index in [4.69, 9.17) is 38.6 Å². The van der Waals surface area contributed by atoms with Gasteiger partial charge in [-0.25, -0.2) is 29.9 Å². The van der Waals surface area contributed by atoms with Crippen LogP contribution in [0.3, 0.4) is 0 Å². The molecule has 2 saturated heterocycles. The molecule has 2 aliphatic rings. The van der Waals surface area contributed by atoms with Crippen molar-refractivity contribution < 1.29 is 32.0 Å². The first-order valence-electron chi connectivity index (χ1n) is 24.1. The van der Waals surface area contributed by atoms with Crippen molar-refractivity contribution in [2.45, 2.75) is 205 Å². The molecule has 0 bridgehead atoms. The highest BCUT2D eigenvalue weighted by molar-refractivity contribution is 6.75. The lowest BCUT2D eigenvalue weighted by Gasteiger charge is -2.44. The van der Waals surface area contributed by atoms with Gasteiger partial charge in [0.15, 0.2) is 68.7 Å². The van der Waals surface area contributed by atoms with Crippen molar-refractivity contribution in [3.63, 3.8) is 0 Å². The Morgan fingerprint density at radius 1 is 0.588 bits per heavy atom. The number of nitrogens with two attached hydrogens (primary N) is 2. The summed E-state index contributed by atoms with van der Waals surface area (Å²) in [6, 6.07) is 0. The molecule has 0 aliphatic carbocycles. The fraction of sp³-hybridized carbons (Fsp3) is 0.761. The summed E-state index contributed by atoms with van der Waals surface area (Å²) in [5, 5.41) is 2.84. The number of amides is 1. The minimum atomic E-state index is -2.50. The topological polar surface area (TPSA) is 224 Å². The number of ether oxygens (including phenoxy) is 2. The number of fused-ring (bicyclic) bond motifs is 2. The molecule has 0 aromatic carbocycles. The summed E-state index contributed by atoms with van der Waals surface area (Å²) in [6.07, 6.45) is 2.07. The normalized spacial score (nSPS) is 24.9. The lowest BCUT2D eigenvalue weighted by atomic mass is 9.94. The Labute approximate surface area is 408 Å². The van der Waals surface area contributed by atoms with E-state index >= 15 is 0 Å². The summed E-state index contributed by atoms with van der Waals surface area (Å²) in [7, 11) is -9.73. The van der Waals surface area contributed by atoms with Crippen molar-refractivity contribution in [3.8, 4) is 0 Å². The summed E-state index contributed by atoms with van der Waals surface area (Å²) in [6.45, 7) is 44.8. The molecule has 18 nitrogen and oxygen atoms in total. The van der Waals surface area contributed by atoms with Crippen molar-refractivity contribution in [1.29, 1.82) is 0 Å². The molecule has 4 aromatic rings. The van der Waals surface area contributed by atoms with E-state index in [1.54, 1.807) is 12.7 Å². The van der Waals surface area contributed by atoms with Crippen molar-refractivity contribution in [3.05, 3.63) is 25.3 Å². The predicted octanol–water partition coefficient (Wildman–Crippen LogP) is 8.94. The Morgan fingerprint density at radius 2 is 0.985 bits per heavy atom. The van der Waals surface area contributed by atoms with E-state index in [0.717, 1.165) is 0 Å². The standard InChI is InChI=1S/C46H83N11O7Si4/c1-43(2,3)65(13,14)59-23-30-28(34(62-66(15,16)44(4,5)6)41(61-30)56-26-54-32-37(47)50-24-52-39(32)56)21-31(58)49-22-29-35(63-67(17,18)45(7,8)9)36(64-68(19,20)46(10,11)12)42(60-29)57-27-55-33-38(48)51-25-53-40(33)57/h24-30,34-36,41-42H,21-23H2,1-20H3,(H,49,58)(H2,47,50,52)(H2,48,51,53)/t28-,29-,30-,34-,35-,36-,41-,42-/m1/s1. The van der Waals surface area contributed by atoms with Crippen LogP contribution in [0.4, 0.5) is 11.6 Å². The Hall–Kier alpha value is -3.20. The molecule has 2 aliphatic heterocycles. The van der Waals surface area contributed by atoms with Gasteiger partial charge >= 0.3 is 0 Å². The van der Waals surface area contributed by atoms with Gasteiger partial charge in [0, 0.05) is 18.9 Å². The second-order valence-electron chi connectivity index (χ2n) is 25.1. The van der Waals surface area contributed by atoms with Gasteiger partial charge in [0.05, 0.1) is 31.5 Å². The van der Waals surface area contributed by atoms with Crippen molar-refractivity contribution >= 4 is 73.1 Å². The molecule has 0 unspecified atom stereocenters. The third-order valence-electron chi connectivity index (χ3n) is 16.1. The van der Waals surface area contributed by atoms with Gasteiger partial charge in [-0.2, -0.15) is 0 Å². The van der Waals surface area contributed by atoms with E-state index in [2.05, 4.69) is 171 Å². The van der Waals surface area contributed by atoms with Gasteiger partial charge in [0.25, 0.3) is 0 Å². The molecule has 0 spiro atoms. The average molecular weight is 1010 g/mol. The molecular formula is C46H83N11O7Si4. The summed E-state index contributed by atoms with van der Waals surface area (Å²) >= 11 is 0. The van der Waals surface area contributed by atoms with Crippen LogP contribution < -0.4 is 16.8 Å². The molecule has 2 fully saturated rings. The van der Waals surface area contributed by atoms with Crippen LogP contribution in [0.5, 0.6) is 0 Å². The molecule has 68 heavy (non-hydrogen) atoms. The maximum absolute atomic E-state index is 14.9. The van der Waals surface area contributed by atoms with Gasteiger partial charge < -0.3 is 44.0 Å². The predicted molar refractivity (Wildman–Crippen MR) is 278 cm³/mol. The number of hydrogen-bond donors (Lipinski definition) is 3. The molecule has 5 N–H and O–H groups in total. The monoisotopic (exact) mass is 1010 g/mol. The quantitative estimate of drug-likeness (QED) is 0.0946. The summed E-state index contributed by atoms with van der Waals surface area (Å²) in [5.74, 6) is -0.0718. The average Bonchev–Trinajstić information content (AvgIpc) is 3.96. The van der Waals surface area contributed by atoms with Gasteiger partial charge in [-0.15, -0.1) is 0 Å². The number of carbonyl (C=O) groups excluding carboxylic acids is 1. The maximum atomic E-state index is 14.9. The Balaban J connectivity index is 1.39. The molecule has 0 radical (unpaired) electrons. The van der Waals surface area contributed by atoms with Crippen LogP contribution in [-0.4, -0.2) is 122 Å². The SMILES string of the molecule is CC(C)(C)[Si](C)(C)OC[C@H]1O[C@@H](n2cnc3c(N)ncnc32)[C@H](O[Si](C)(C)C(C)(C)C)[C@@H]1CC(=O)NC[C@H]1O[C@@H](n2cnc3c(N)ncnc32)[C@H](O[Si](C)(C)C(C)(C)C)[C@@H]1O[Si](C)(C)C(C)(C)C. The highest BCUT2D eigenvalue weighted by atomic mass is 28.4. The third-order valence-corrected chi connectivity index (χ3v) is 34.1. The molecule has 380 valence electrons. The molecular weight excluding hydrogens is 931 g/mol. The highest BCUT2D eigenvalue weighted by Gasteiger charge is 2.56. The molecule has 8 atom stereocenters. The second kappa shape index (κ2) is 18.8. The third kappa shape index (κ3) is 10.8. The summed E-state index contributed by atoms with van der Waals surface area (Å²) < 4.78 is 46.9. The molecule has 6 heterocycles. The number of nitrogens with one attached hydrogen (secondary N) is 1.